The van der Waals surface area contributed by atoms with Gasteiger partial charge < -0.3 is 14.6 Å². The summed E-state index contributed by atoms with van der Waals surface area (Å²) in [4.78, 5) is 18.9. The van der Waals surface area contributed by atoms with Crippen molar-refractivity contribution in [1.82, 2.24) is 9.97 Å². The molecule has 0 aliphatic heterocycles. The molecule has 0 spiro atoms. The van der Waals surface area contributed by atoms with Crippen molar-refractivity contribution in [3.63, 3.8) is 0 Å². The highest BCUT2D eigenvalue weighted by molar-refractivity contribution is 5.85. The van der Waals surface area contributed by atoms with Crippen LogP contribution in [0.25, 0.3) is 0 Å². The summed E-state index contributed by atoms with van der Waals surface area (Å²) in [5.41, 5.74) is 0.405. The lowest BCUT2D eigenvalue weighted by molar-refractivity contribution is 0.0689. The maximum Gasteiger partial charge on any atom is 0.354 e. The lowest BCUT2D eigenvalue weighted by Gasteiger charge is -2.10. The smallest absolute Gasteiger partial charge is 0.354 e. The maximum absolute atomic E-state index is 11.0. The van der Waals surface area contributed by atoms with E-state index in [1.165, 1.54) is 6.07 Å². The van der Waals surface area contributed by atoms with Crippen LogP contribution in [-0.4, -0.2) is 27.7 Å². The topological polar surface area (TPSA) is 81.5 Å². The molecular weight excluding hydrogens is 260 g/mol. The average Bonchev–Trinajstić information content (AvgIpc) is 2.40. The van der Waals surface area contributed by atoms with Crippen molar-refractivity contribution in [2.24, 2.45) is 0 Å². The van der Waals surface area contributed by atoms with Gasteiger partial charge in [0.25, 0.3) is 0 Å². The lowest BCUT2D eigenvalue weighted by atomic mass is 10.3. The van der Waals surface area contributed by atoms with Gasteiger partial charge in [0.05, 0.1) is 6.61 Å². The summed E-state index contributed by atoms with van der Waals surface area (Å²) in [7, 11) is 0. The minimum atomic E-state index is -1.13. The second kappa shape index (κ2) is 6.01. The molecule has 0 atom stereocenters. The van der Waals surface area contributed by atoms with E-state index in [-0.39, 0.29) is 11.7 Å². The predicted octanol–water partition coefficient (Wildman–Crippen LogP) is 2.67. The van der Waals surface area contributed by atoms with E-state index in [2.05, 4.69) is 9.97 Å². The van der Waals surface area contributed by atoms with Crippen molar-refractivity contribution < 1.29 is 19.4 Å². The molecular formula is C14H14N2O4. The van der Waals surface area contributed by atoms with E-state index in [9.17, 15) is 4.79 Å². The van der Waals surface area contributed by atoms with E-state index >= 15 is 0 Å². The molecule has 0 fully saturated rings. The van der Waals surface area contributed by atoms with Crippen LogP contribution in [-0.2, 0) is 0 Å². The third kappa shape index (κ3) is 3.23. The molecule has 0 saturated heterocycles. The molecule has 0 aliphatic rings. The van der Waals surface area contributed by atoms with Crippen LogP contribution in [0.1, 0.15) is 23.1 Å². The van der Waals surface area contributed by atoms with E-state index in [1.54, 1.807) is 25.1 Å². The predicted molar refractivity (Wildman–Crippen MR) is 71.4 cm³/mol. The third-order valence-corrected chi connectivity index (χ3v) is 2.40. The monoisotopic (exact) mass is 274 g/mol. The molecule has 0 radical (unpaired) electrons. The summed E-state index contributed by atoms with van der Waals surface area (Å²) in [5.74, 6) is -0.133. The Bertz CT molecular complexity index is 628. The zero-order valence-electron chi connectivity index (χ0n) is 11.2. The van der Waals surface area contributed by atoms with E-state index in [0.717, 1.165) is 0 Å². The Kier molecular flexibility index (Phi) is 4.14. The molecule has 20 heavy (non-hydrogen) atoms. The van der Waals surface area contributed by atoms with Crippen LogP contribution in [0.15, 0.2) is 30.3 Å². The fourth-order valence-corrected chi connectivity index (χ4v) is 1.60. The number of hydrogen-bond donors (Lipinski definition) is 1. The largest absolute Gasteiger partial charge is 0.490 e. The van der Waals surface area contributed by atoms with Gasteiger partial charge in [-0.3, -0.25) is 0 Å². The van der Waals surface area contributed by atoms with Crippen molar-refractivity contribution in [1.29, 1.82) is 0 Å². The standard InChI is InChI=1S/C14H14N2O4/c1-3-19-11-6-4-5-7-12(11)20-14-15-9(2)8-10(16-14)13(17)18/h4-8H,3H2,1-2H3,(H,17,18). The Labute approximate surface area is 116 Å². The summed E-state index contributed by atoms with van der Waals surface area (Å²) in [6.07, 6.45) is 0. The Morgan fingerprint density at radius 2 is 1.95 bits per heavy atom. The zero-order valence-corrected chi connectivity index (χ0v) is 11.2. The number of aromatic nitrogens is 2. The molecule has 0 saturated carbocycles. The van der Waals surface area contributed by atoms with E-state index < -0.39 is 5.97 Å². The van der Waals surface area contributed by atoms with Gasteiger partial charge in [0.15, 0.2) is 17.2 Å². The first-order chi connectivity index (χ1) is 9.60. The van der Waals surface area contributed by atoms with Gasteiger partial charge in [0.2, 0.25) is 0 Å². The second-order valence-electron chi connectivity index (χ2n) is 3.96. The van der Waals surface area contributed by atoms with Crippen LogP contribution in [0.5, 0.6) is 17.5 Å². The molecule has 0 bridgehead atoms. The molecule has 104 valence electrons. The first kappa shape index (κ1) is 13.8. The number of aromatic carboxylic acids is 1. The Morgan fingerprint density at radius 1 is 1.25 bits per heavy atom. The van der Waals surface area contributed by atoms with Crippen LogP contribution >= 0.6 is 0 Å². The second-order valence-corrected chi connectivity index (χ2v) is 3.96. The number of para-hydroxylation sites is 2. The van der Waals surface area contributed by atoms with Gasteiger partial charge in [0, 0.05) is 5.69 Å². The summed E-state index contributed by atoms with van der Waals surface area (Å²) in [6, 6.07) is 8.42. The summed E-state index contributed by atoms with van der Waals surface area (Å²) < 4.78 is 10.9. The number of rotatable bonds is 5. The average molecular weight is 274 g/mol. The van der Waals surface area contributed by atoms with Crippen LogP contribution in [0.2, 0.25) is 0 Å². The summed E-state index contributed by atoms with van der Waals surface area (Å²) >= 11 is 0. The fourth-order valence-electron chi connectivity index (χ4n) is 1.60. The fraction of sp³-hybridized carbons (Fsp3) is 0.214. The normalized spacial score (nSPS) is 10.1. The Balaban J connectivity index is 2.32. The molecule has 2 rings (SSSR count). The number of hydrogen-bond acceptors (Lipinski definition) is 5. The van der Waals surface area contributed by atoms with E-state index in [4.69, 9.17) is 14.6 Å². The van der Waals surface area contributed by atoms with Crippen LogP contribution in [0, 0.1) is 6.92 Å². The van der Waals surface area contributed by atoms with Crippen molar-refractivity contribution >= 4 is 5.97 Å². The zero-order chi connectivity index (χ0) is 14.5. The lowest BCUT2D eigenvalue weighted by Crippen LogP contribution is -2.05. The molecule has 1 heterocycles. The van der Waals surface area contributed by atoms with Crippen LogP contribution in [0.4, 0.5) is 0 Å². The van der Waals surface area contributed by atoms with Crippen LogP contribution in [0.3, 0.4) is 0 Å². The van der Waals surface area contributed by atoms with Gasteiger partial charge in [-0.15, -0.1) is 0 Å². The molecule has 6 nitrogen and oxygen atoms in total. The molecule has 1 aromatic heterocycles. The number of ether oxygens (including phenoxy) is 2. The molecule has 0 aliphatic carbocycles. The number of carboxylic acid groups (broad SMARTS) is 1. The number of carboxylic acids is 1. The first-order valence-electron chi connectivity index (χ1n) is 6.09. The van der Waals surface area contributed by atoms with Crippen molar-refractivity contribution in [3.8, 4) is 17.5 Å². The maximum atomic E-state index is 11.0. The Morgan fingerprint density at radius 3 is 2.60 bits per heavy atom. The number of aryl methyl sites for hydroxylation is 1. The number of nitrogens with zero attached hydrogens (tertiary/aromatic N) is 2. The number of benzene rings is 1. The van der Waals surface area contributed by atoms with Gasteiger partial charge in [-0.1, -0.05) is 12.1 Å². The van der Waals surface area contributed by atoms with Gasteiger partial charge in [-0.25, -0.2) is 9.78 Å². The van der Waals surface area contributed by atoms with Crippen molar-refractivity contribution in [3.05, 3.63) is 41.7 Å². The minimum Gasteiger partial charge on any atom is -0.490 e. The highest BCUT2D eigenvalue weighted by atomic mass is 16.5. The molecule has 1 N–H and O–H groups in total. The summed E-state index contributed by atoms with van der Waals surface area (Å²) in [6.45, 7) is 4.04. The van der Waals surface area contributed by atoms with Crippen LogP contribution < -0.4 is 9.47 Å². The molecule has 0 unspecified atom stereocenters. The highest BCUT2D eigenvalue weighted by Crippen LogP contribution is 2.29. The highest BCUT2D eigenvalue weighted by Gasteiger charge is 2.12. The van der Waals surface area contributed by atoms with Gasteiger partial charge in [0.1, 0.15) is 0 Å². The summed E-state index contributed by atoms with van der Waals surface area (Å²) in [5, 5.41) is 8.97. The number of carbonyl (C=O) groups is 1. The van der Waals surface area contributed by atoms with Crippen molar-refractivity contribution in [2.75, 3.05) is 6.61 Å². The van der Waals surface area contributed by atoms with E-state index in [0.29, 0.717) is 23.8 Å². The molecule has 6 heteroatoms. The molecule has 0 amide bonds. The third-order valence-electron chi connectivity index (χ3n) is 2.40. The van der Waals surface area contributed by atoms with E-state index in [1.807, 2.05) is 13.0 Å². The first-order valence-corrected chi connectivity index (χ1v) is 6.09. The minimum absolute atomic E-state index is 0.0189. The SMILES string of the molecule is CCOc1ccccc1Oc1nc(C)cc(C(=O)O)n1. The van der Waals surface area contributed by atoms with Crippen molar-refractivity contribution in [2.45, 2.75) is 13.8 Å². The quantitative estimate of drug-likeness (QED) is 0.902. The van der Waals surface area contributed by atoms with Gasteiger partial charge >= 0.3 is 12.0 Å². The molecule has 2 aromatic rings. The van der Waals surface area contributed by atoms with Gasteiger partial charge in [-0.05, 0) is 32.0 Å². The molecule has 1 aromatic carbocycles. The van der Waals surface area contributed by atoms with Gasteiger partial charge in [-0.2, -0.15) is 4.98 Å². The Hall–Kier alpha value is -2.63.